The van der Waals surface area contributed by atoms with Crippen LogP contribution in [0.1, 0.15) is 31.5 Å². The summed E-state index contributed by atoms with van der Waals surface area (Å²) in [6.07, 6.45) is 5.01. The summed E-state index contributed by atoms with van der Waals surface area (Å²) < 4.78 is 12.7. The lowest BCUT2D eigenvalue weighted by Gasteiger charge is -2.16. The first-order chi connectivity index (χ1) is 7.27. The maximum atomic E-state index is 12.7. The molecule has 1 aromatic rings. The minimum absolute atomic E-state index is 0.189. The molecule has 0 aliphatic carbocycles. The van der Waals surface area contributed by atoms with Crippen LogP contribution < -0.4 is 5.32 Å². The summed E-state index contributed by atoms with van der Waals surface area (Å²) in [5.41, 5.74) is 0.889. The van der Waals surface area contributed by atoms with Gasteiger partial charge < -0.3 is 5.32 Å². The summed E-state index contributed by atoms with van der Waals surface area (Å²) in [4.78, 5) is 4.08. The summed E-state index contributed by atoms with van der Waals surface area (Å²) >= 11 is 0. The molecule has 1 N–H and O–H groups in total. The quantitative estimate of drug-likeness (QED) is 0.727. The van der Waals surface area contributed by atoms with E-state index < -0.39 is 0 Å². The van der Waals surface area contributed by atoms with Crippen LogP contribution in [0.25, 0.3) is 0 Å². The lowest BCUT2D eigenvalue weighted by atomic mass is 10.1. The van der Waals surface area contributed by atoms with Gasteiger partial charge in [-0.25, -0.2) is 4.39 Å². The molecule has 0 radical (unpaired) electrons. The largest absolute Gasteiger partial charge is 0.309 e. The Bertz CT molecular complexity index is 295. The van der Waals surface area contributed by atoms with Crippen LogP contribution in [-0.2, 0) is 0 Å². The molecule has 1 atom stereocenters. The molecular formula is C12H17FN2. The van der Waals surface area contributed by atoms with Crippen LogP contribution >= 0.6 is 0 Å². The van der Waals surface area contributed by atoms with Crippen LogP contribution in [0.15, 0.2) is 31.0 Å². The van der Waals surface area contributed by atoms with E-state index in [4.69, 9.17) is 0 Å². The fraction of sp³-hybridized carbons (Fsp3) is 0.417. The molecule has 15 heavy (non-hydrogen) atoms. The predicted molar refractivity (Wildman–Crippen MR) is 60.0 cm³/mol. The summed E-state index contributed by atoms with van der Waals surface area (Å²) in [7, 11) is 0. The molecule has 1 aromatic heterocycles. The second kappa shape index (κ2) is 6.30. The van der Waals surface area contributed by atoms with Gasteiger partial charge in [0.05, 0.1) is 11.9 Å². The summed E-state index contributed by atoms with van der Waals surface area (Å²) in [6, 6.07) is 3.36. The molecule has 82 valence electrons. The molecule has 0 amide bonds. The van der Waals surface area contributed by atoms with Crippen LogP contribution in [0.2, 0.25) is 0 Å². The van der Waals surface area contributed by atoms with Gasteiger partial charge in [0.15, 0.2) is 0 Å². The first-order valence-electron chi connectivity index (χ1n) is 5.23. The number of halogens is 1. The Hall–Kier alpha value is -1.22. The molecule has 0 aromatic carbocycles. The molecule has 1 unspecified atom stereocenters. The molecule has 0 saturated carbocycles. The first-order valence-corrected chi connectivity index (χ1v) is 5.23. The highest BCUT2D eigenvalue weighted by atomic mass is 19.1. The third kappa shape index (κ3) is 3.80. The van der Waals surface area contributed by atoms with E-state index in [1.54, 1.807) is 6.07 Å². The summed E-state index contributed by atoms with van der Waals surface area (Å²) in [5, 5.41) is 3.32. The van der Waals surface area contributed by atoms with E-state index in [0.29, 0.717) is 0 Å². The van der Waals surface area contributed by atoms with Gasteiger partial charge in [-0.3, -0.25) is 4.98 Å². The summed E-state index contributed by atoms with van der Waals surface area (Å²) in [6.45, 7) is 6.61. The molecular weight excluding hydrogens is 191 g/mol. The number of nitrogens with one attached hydrogen (secondary N) is 1. The van der Waals surface area contributed by atoms with E-state index in [0.717, 1.165) is 25.1 Å². The summed E-state index contributed by atoms with van der Waals surface area (Å²) in [5.74, 6) is -0.294. The second-order valence-electron chi connectivity index (χ2n) is 3.38. The zero-order chi connectivity index (χ0) is 11.1. The van der Waals surface area contributed by atoms with E-state index in [2.05, 4.69) is 16.9 Å². The minimum atomic E-state index is -0.294. The highest BCUT2D eigenvalue weighted by molar-refractivity contribution is 5.10. The van der Waals surface area contributed by atoms with Crippen molar-refractivity contribution in [3.8, 4) is 0 Å². The van der Waals surface area contributed by atoms with Gasteiger partial charge in [0.25, 0.3) is 0 Å². The maximum Gasteiger partial charge on any atom is 0.141 e. The lowest BCUT2D eigenvalue weighted by Crippen LogP contribution is -2.21. The third-order valence-corrected chi connectivity index (χ3v) is 2.22. The van der Waals surface area contributed by atoms with Crippen molar-refractivity contribution in [3.63, 3.8) is 0 Å². The van der Waals surface area contributed by atoms with Gasteiger partial charge in [-0.2, -0.15) is 0 Å². The van der Waals surface area contributed by atoms with Crippen LogP contribution in [0.5, 0.6) is 0 Å². The van der Waals surface area contributed by atoms with Gasteiger partial charge in [0, 0.05) is 6.04 Å². The minimum Gasteiger partial charge on any atom is -0.309 e. The second-order valence-corrected chi connectivity index (χ2v) is 3.38. The Morgan fingerprint density at radius 1 is 1.60 bits per heavy atom. The standard InChI is InChI=1S/C12H17FN2/c1-3-5-6-11(14-4-2)12-8-7-10(13)9-15-12/h3,7-9,11,14H,1,4-6H2,2H3. The molecule has 1 rings (SSSR count). The Labute approximate surface area is 90.2 Å². The highest BCUT2D eigenvalue weighted by Gasteiger charge is 2.10. The van der Waals surface area contributed by atoms with E-state index >= 15 is 0 Å². The lowest BCUT2D eigenvalue weighted by molar-refractivity contribution is 0.504. The van der Waals surface area contributed by atoms with E-state index in [-0.39, 0.29) is 11.9 Å². The number of allylic oxidation sites excluding steroid dienone is 1. The topological polar surface area (TPSA) is 24.9 Å². The van der Waals surface area contributed by atoms with E-state index in [1.165, 1.54) is 12.3 Å². The third-order valence-electron chi connectivity index (χ3n) is 2.22. The number of rotatable bonds is 6. The normalized spacial score (nSPS) is 12.4. The van der Waals surface area contributed by atoms with Gasteiger partial charge >= 0.3 is 0 Å². The Balaban J connectivity index is 2.69. The van der Waals surface area contributed by atoms with Crippen LogP contribution in [0.4, 0.5) is 4.39 Å². The average molecular weight is 208 g/mol. The van der Waals surface area contributed by atoms with Gasteiger partial charge in [-0.15, -0.1) is 6.58 Å². The van der Waals surface area contributed by atoms with Crippen molar-refractivity contribution in [2.75, 3.05) is 6.54 Å². The molecule has 0 fully saturated rings. The molecule has 0 spiro atoms. The van der Waals surface area contributed by atoms with Gasteiger partial charge in [0.2, 0.25) is 0 Å². The molecule has 0 aliphatic rings. The van der Waals surface area contributed by atoms with Crippen molar-refractivity contribution in [2.45, 2.75) is 25.8 Å². The van der Waals surface area contributed by atoms with Crippen molar-refractivity contribution in [1.82, 2.24) is 10.3 Å². The number of hydrogen-bond donors (Lipinski definition) is 1. The molecule has 2 nitrogen and oxygen atoms in total. The molecule has 1 heterocycles. The molecule has 0 bridgehead atoms. The number of nitrogens with zero attached hydrogens (tertiary/aromatic N) is 1. The fourth-order valence-electron chi connectivity index (χ4n) is 1.48. The Kier molecular flexibility index (Phi) is 4.98. The van der Waals surface area contributed by atoms with E-state index in [1.807, 2.05) is 13.0 Å². The SMILES string of the molecule is C=CCCC(NCC)c1ccc(F)cn1. The molecule has 0 saturated heterocycles. The zero-order valence-electron chi connectivity index (χ0n) is 9.04. The van der Waals surface area contributed by atoms with E-state index in [9.17, 15) is 4.39 Å². The van der Waals surface area contributed by atoms with Crippen molar-refractivity contribution < 1.29 is 4.39 Å². The van der Waals surface area contributed by atoms with Crippen molar-refractivity contribution in [2.24, 2.45) is 0 Å². The smallest absolute Gasteiger partial charge is 0.141 e. The molecule has 0 aliphatic heterocycles. The Morgan fingerprint density at radius 2 is 2.40 bits per heavy atom. The van der Waals surface area contributed by atoms with Gasteiger partial charge in [-0.1, -0.05) is 13.0 Å². The number of aromatic nitrogens is 1. The monoisotopic (exact) mass is 208 g/mol. The fourth-order valence-corrected chi connectivity index (χ4v) is 1.48. The van der Waals surface area contributed by atoms with Crippen LogP contribution in [0, 0.1) is 5.82 Å². The zero-order valence-corrected chi connectivity index (χ0v) is 9.04. The Morgan fingerprint density at radius 3 is 2.93 bits per heavy atom. The first kappa shape index (κ1) is 11.9. The number of hydrogen-bond acceptors (Lipinski definition) is 2. The van der Waals surface area contributed by atoms with Crippen LogP contribution in [0.3, 0.4) is 0 Å². The highest BCUT2D eigenvalue weighted by Crippen LogP contribution is 2.16. The van der Waals surface area contributed by atoms with Crippen molar-refractivity contribution in [3.05, 3.63) is 42.5 Å². The number of pyridine rings is 1. The van der Waals surface area contributed by atoms with Crippen molar-refractivity contribution in [1.29, 1.82) is 0 Å². The van der Waals surface area contributed by atoms with Gasteiger partial charge in [0.1, 0.15) is 5.82 Å². The van der Waals surface area contributed by atoms with Crippen molar-refractivity contribution >= 4 is 0 Å². The average Bonchev–Trinajstić information content (AvgIpc) is 2.25. The maximum absolute atomic E-state index is 12.7. The molecule has 3 heteroatoms. The van der Waals surface area contributed by atoms with Gasteiger partial charge in [-0.05, 0) is 31.5 Å². The predicted octanol–water partition coefficient (Wildman–Crippen LogP) is 2.84. The van der Waals surface area contributed by atoms with Crippen LogP contribution in [-0.4, -0.2) is 11.5 Å².